The summed E-state index contributed by atoms with van der Waals surface area (Å²) >= 11 is 3.84. The molecule has 1 rings (SSSR count). The van der Waals surface area contributed by atoms with Crippen LogP contribution in [0.2, 0.25) is 0 Å². The lowest BCUT2D eigenvalue weighted by Gasteiger charge is -2.24. The molecule has 0 aliphatic carbocycles. The normalized spacial score (nSPS) is 22.1. The van der Waals surface area contributed by atoms with Crippen LogP contribution >= 0.6 is 12.6 Å². The van der Waals surface area contributed by atoms with Crippen LogP contribution in [0.3, 0.4) is 0 Å². The van der Waals surface area contributed by atoms with Gasteiger partial charge in [0.1, 0.15) is 12.1 Å². The summed E-state index contributed by atoms with van der Waals surface area (Å²) in [7, 11) is 0. The average Bonchev–Trinajstić information content (AvgIpc) is 2.94. The molecular weight excluding hydrogens is 298 g/mol. The molecule has 2 amide bonds. The summed E-state index contributed by atoms with van der Waals surface area (Å²) in [6.07, 6.45) is 0.378. The number of aliphatic carboxylic acids is 1. The van der Waals surface area contributed by atoms with Crippen LogP contribution < -0.4 is 16.0 Å². The van der Waals surface area contributed by atoms with Gasteiger partial charge < -0.3 is 26.2 Å². The van der Waals surface area contributed by atoms with Crippen molar-refractivity contribution < 1.29 is 24.6 Å². The quantitative estimate of drug-likeness (QED) is 0.304. The van der Waals surface area contributed by atoms with Crippen molar-refractivity contribution in [1.29, 1.82) is 0 Å². The fraction of sp³-hybridized carbons (Fsp3) is 0.750. The summed E-state index contributed by atoms with van der Waals surface area (Å²) in [5.74, 6) is -2.46. The van der Waals surface area contributed by atoms with Gasteiger partial charge in [-0.05, 0) is 26.3 Å². The number of aliphatic hydroxyl groups is 1. The number of carbonyl (C=O) groups excluding carboxylic acids is 2. The molecule has 1 aliphatic heterocycles. The predicted molar refractivity (Wildman–Crippen MR) is 78.1 cm³/mol. The number of rotatable bonds is 7. The number of carbonyl (C=O) groups is 3. The summed E-state index contributed by atoms with van der Waals surface area (Å²) in [6, 6.07) is -2.77. The second-order valence-electron chi connectivity index (χ2n) is 4.96. The van der Waals surface area contributed by atoms with Crippen molar-refractivity contribution in [3.05, 3.63) is 0 Å². The van der Waals surface area contributed by atoms with E-state index >= 15 is 0 Å². The average molecular weight is 319 g/mol. The fourth-order valence-corrected chi connectivity index (χ4v) is 2.26. The number of aliphatic hydroxyl groups excluding tert-OH is 1. The minimum absolute atomic E-state index is 0.0915. The zero-order chi connectivity index (χ0) is 16.0. The van der Waals surface area contributed by atoms with E-state index in [1.54, 1.807) is 0 Å². The Morgan fingerprint density at radius 2 is 2.05 bits per heavy atom. The molecule has 1 heterocycles. The Labute approximate surface area is 128 Å². The molecule has 0 aromatic heterocycles. The van der Waals surface area contributed by atoms with Crippen LogP contribution in [0.5, 0.6) is 0 Å². The number of carboxylic acid groups (broad SMARTS) is 1. The SMILES string of the molecule is C[C@@H](O)[C@H](NC(=O)[C@@H]1CCCN1)C(=O)N[C@@H](CS)C(=O)O. The molecule has 8 nitrogen and oxygen atoms in total. The number of hydrogen-bond donors (Lipinski definition) is 6. The van der Waals surface area contributed by atoms with Crippen LogP contribution in [0.1, 0.15) is 19.8 Å². The third-order valence-electron chi connectivity index (χ3n) is 3.24. The maximum Gasteiger partial charge on any atom is 0.327 e. The highest BCUT2D eigenvalue weighted by Gasteiger charge is 2.31. The van der Waals surface area contributed by atoms with Gasteiger partial charge in [-0.1, -0.05) is 0 Å². The zero-order valence-electron chi connectivity index (χ0n) is 11.7. The first-order valence-electron chi connectivity index (χ1n) is 6.72. The number of carboxylic acids is 1. The second-order valence-corrected chi connectivity index (χ2v) is 5.32. The Balaban J connectivity index is 2.65. The Morgan fingerprint density at radius 3 is 2.48 bits per heavy atom. The van der Waals surface area contributed by atoms with E-state index in [1.807, 2.05) is 0 Å². The lowest BCUT2D eigenvalue weighted by atomic mass is 10.1. The third-order valence-corrected chi connectivity index (χ3v) is 3.60. The predicted octanol–water partition coefficient (Wildman–Crippen LogP) is -1.90. The largest absolute Gasteiger partial charge is 0.480 e. The topological polar surface area (TPSA) is 128 Å². The monoisotopic (exact) mass is 319 g/mol. The van der Waals surface area contributed by atoms with Gasteiger partial charge in [0, 0.05) is 5.75 Å². The summed E-state index contributed by atoms with van der Waals surface area (Å²) < 4.78 is 0. The zero-order valence-corrected chi connectivity index (χ0v) is 12.6. The fourth-order valence-electron chi connectivity index (χ4n) is 2.01. The van der Waals surface area contributed by atoms with Crippen LogP contribution in [0.4, 0.5) is 0 Å². The van der Waals surface area contributed by atoms with E-state index in [-0.39, 0.29) is 17.7 Å². The standard InChI is InChI=1S/C12H21N3O5S/c1-6(16)9(11(18)14-8(5-21)12(19)20)15-10(17)7-3-2-4-13-7/h6-9,13,16,21H,2-5H2,1H3,(H,14,18)(H,15,17)(H,19,20)/t6-,7+,8+,9+/m1/s1. The van der Waals surface area contributed by atoms with Crippen molar-refractivity contribution >= 4 is 30.4 Å². The molecule has 0 unspecified atom stereocenters. The van der Waals surface area contributed by atoms with E-state index < -0.39 is 30.1 Å². The lowest BCUT2D eigenvalue weighted by molar-refractivity contribution is -0.142. The molecule has 5 N–H and O–H groups in total. The molecule has 21 heavy (non-hydrogen) atoms. The molecule has 4 atom stereocenters. The lowest BCUT2D eigenvalue weighted by Crippen LogP contribution is -2.58. The van der Waals surface area contributed by atoms with Crippen LogP contribution in [-0.4, -0.2) is 64.5 Å². The first kappa shape index (κ1) is 17.7. The van der Waals surface area contributed by atoms with Crippen LogP contribution in [-0.2, 0) is 14.4 Å². The molecule has 0 saturated carbocycles. The Hall–Kier alpha value is -1.32. The van der Waals surface area contributed by atoms with Crippen molar-refractivity contribution in [1.82, 2.24) is 16.0 Å². The number of amides is 2. The highest BCUT2D eigenvalue weighted by molar-refractivity contribution is 7.80. The highest BCUT2D eigenvalue weighted by Crippen LogP contribution is 2.06. The van der Waals surface area contributed by atoms with Crippen molar-refractivity contribution in [2.24, 2.45) is 0 Å². The molecule has 1 saturated heterocycles. The van der Waals surface area contributed by atoms with Gasteiger partial charge in [-0.15, -0.1) is 0 Å². The van der Waals surface area contributed by atoms with E-state index in [1.165, 1.54) is 6.92 Å². The van der Waals surface area contributed by atoms with Crippen molar-refractivity contribution in [3.63, 3.8) is 0 Å². The number of thiol groups is 1. The van der Waals surface area contributed by atoms with E-state index in [2.05, 4.69) is 28.6 Å². The molecule has 0 aromatic rings. The maximum atomic E-state index is 12.0. The Kier molecular flexibility index (Phi) is 6.93. The van der Waals surface area contributed by atoms with Crippen molar-refractivity contribution in [3.8, 4) is 0 Å². The third kappa shape index (κ3) is 5.18. The molecule has 0 aromatic carbocycles. The summed E-state index contributed by atoms with van der Waals surface area (Å²) in [4.78, 5) is 34.8. The summed E-state index contributed by atoms with van der Waals surface area (Å²) in [6.45, 7) is 2.08. The van der Waals surface area contributed by atoms with Crippen LogP contribution in [0.25, 0.3) is 0 Å². The van der Waals surface area contributed by atoms with Crippen LogP contribution in [0.15, 0.2) is 0 Å². The van der Waals surface area contributed by atoms with Crippen LogP contribution in [0, 0.1) is 0 Å². The van der Waals surface area contributed by atoms with E-state index in [4.69, 9.17) is 5.11 Å². The van der Waals surface area contributed by atoms with Gasteiger partial charge >= 0.3 is 5.97 Å². The van der Waals surface area contributed by atoms with Gasteiger partial charge in [0.15, 0.2) is 0 Å². The molecule has 0 spiro atoms. The second kappa shape index (κ2) is 8.20. The minimum atomic E-state index is -1.23. The first-order chi connectivity index (χ1) is 9.86. The van der Waals surface area contributed by atoms with E-state index in [9.17, 15) is 19.5 Å². The van der Waals surface area contributed by atoms with Crippen molar-refractivity contribution in [2.75, 3.05) is 12.3 Å². The smallest absolute Gasteiger partial charge is 0.327 e. The molecular formula is C12H21N3O5S. The molecule has 1 aliphatic rings. The molecule has 9 heteroatoms. The van der Waals surface area contributed by atoms with Gasteiger partial charge in [0.05, 0.1) is 12.1 Å². The summed E-state index contributed by atoms with van der Waals surface area (Å²) in [5, 5.41) is 26.2. The molecule has 0 bridgehead atoms. The van der Waals surface area contributed by atoms with Gasteiger partial charge in [-0.25, -0.2) is 4.79 Å². The summed E-state index contributed by atoms with van der Waals surface area (Å²) in [5.41, 5.74) is 0. The Morgan fingerprint density at radius 1 is 1.38 bits per heavy atom. The van der Waals surface area contributed by atoms with E-state index in [0.29, 0.717) is 6.42 Å². The molecule has 1 fully saturated rings. The minimum Gasteiger partial charge on any atom is -0.480 e. The van der Waals surface area contributed by atoms with E-state index in [0.717, 1.165) is 13.0 Å². The number of nitrogens with one attached hydrogen (secondary N) is 3. The number of hydrogen-bond acceptors (Lipinski definition) is 6. The maximum absolute atomic E-state index is 12.0. The van der Waals surface area contributed by atoms with Gasteiger partial charge in [0.2, 0.25) is 11.8 Å². The van der Waals surface area contributed by atoms with Gasteiger partial charge in [-0.3, -0.25) is 9.59 Å². The molecule has 0 radical (unpaired) electrons. The molecule has 120 valence electrons. The van der Waals surface area contributed by atoms with Gasteiger partial charge in [0.25, 0.3) is 0 Å². The van der Waals surface area contributed by atoms with Gasteiger partial charge in [-0.2, -0.15) is 12.6 Å². The Bertz CT molecular complexity index is 398. The first-order valence-corrected chi connectivity index (χ1v) is 7.36. The highest BCUT2D eigenvalue weighted by atomic mass is 32.1. The van der Waals surface area contributed by atoms with Crippen molar-refractivity contribution in [2.45, 2.75) is 44.0 Å².